The molecule has 0 radical (unpaired) electrons. The van der Waals surface area contributed by atoms with Crippen molar-refractivity contribution >= 4 is 5.65 Å². The number of benzene rings is 1. The Morgan fingerprint density at radius 3 is 2.80 bits per heavy atom. The van der Waals surface area contributed by atoms with Crippen LogP contribution in [0.1, 0.15) is 24.6 Å². The Hall–Kier alpha value is -2.67. The molecule has 7 nitrogen and oxygen atoms in total. The van der Waals surface area contributed by atoms with Gasteiger partial charge in [-0.05, 0) is 49.7 Å². The summed E-state index contributed by atoms with van der Waals surface area (Å²) in [6, 6.07) is 9.56. The predicted molar refractivity (Wildman–Crippen MR) is 94.2 cm³/mol. The zero-order valence-corrected chi connectivity index (χ0v) is 14.4. The molecule has 130 valence electrons. The fraction of sp³-hybridized carbons (Fsp3) is 0.389. The van der Waals surface area contributed by atoms with Crippen LogP contribution < -0.4 is 14.8 Å². The van der Waals surface area contributed by atoms with Gasteiger partial charge in [0.1, 0.15) is 11.5 Å². The summed E-state index contributed by atoms with van der Waals surface area (Å²) in [5.41, 5.74) is 2.43. The average Bonchev–Trinajstić information content (AvgIpc) is 3.11. The molecule has 2 aromatic heterocycles. The van der Waals surface area contributed by atoms with Crippen LogP contribution in [0.15, 0.2) is 30.3 Å². The zero-order valence-electron chi connectivity index (χ0n) is 14.4. The number of hydrogen-bond donors (Lipinski definition) is 1. The molecule has 1 saturated heterocycles. The van der Waals surface area contributed by atoms with Gasteiger partial charge in [0.15, 0.2) is 11.5 Å². The van der Waals surface area contributed by atoms with E-state index in [2.05, 4.69) is 15.5 Å². The third-order valence-electron chi connectivity index (χ3n) is 4.63. The Morgan fingerprint density at radius 2 is 2.04 bits per heavy atom. The Morgan fingerprint density at radius 1 is 1.12 bits per heavy atom. The van der Waals surface area contributed by atoms with Crippen LogP contribution in [-0.2, 0) is 0 Å². The Labute approximate surface area is 146 Å². The summed E-state index contributed by atoms with van der Waals surface area (Å²) in [6.45, 7) is 1.97. The van der Waals surface area contributed by atoms with Crippen LogP contribution in [0.4, 0.5) is 0 Å². The van der Waals surface area contributed by atoms with Crippen LogP contribution in [0.3, 0.4) is 0 Å². The minimum Gasteiger partial charge on any atom is -0.497 e. The maximum Gasteiger partial charge on any atom is 0.177 e. The number of aromatic nitrogens is 4. The van der Waals surface area contributed by atoms with E-state index in [9.17, 15) is 0 Å². The van der Waals surface area contributed by atoms with Gasteiger partial charge in [-0.25, -0.2) is 0 Å². The molecule has 25 heavy (non-hydrogen) atoms. The molecule has 1 aliphatic rings. The van der Waals surface area contributed by atoms with Gasteiger partial charge in [-0.15, -0.1) is 10.2 Å². The number of hydrogen-bond acceptors (Lipinski definition) is 6. The van der Waals surface area contributed by atoms with Crippen molar-refractivity contribution in [3.63, 3.8) is 0 Å². The van der Waals surface area contributed by atoms with Crippen molar-refractivity contribution in [1.29, 1.82) is 0 Å². The second-order valence-electron chi connectivity index (χ2n) is 6.16. The highest BCUT2D eigenvalue weighted by molar-refractivity contribution is 5.69. The van der Waals surface area contributed by atoms with Gasteiger partial charge in [-0.1, -0.05) is 0 Å². The fourth-order valence-corrected chi connectivity index (χ4v) is 3.29. The first kappa shape index (κ1) is 15.8. The van der Waals surface area contributed by atoms with E-state index in [0.717, 1.165) is 60.2 Å². The number of rotatable bonds is 4. The lowest BCUT2D eigenvalue weighted by Gasteiger charge is -2.20. The Balaban J connectivity index is 1.81. The summed E-state index contributed by atoms with van der Waals surface area (Å²) in [5.74, 6) is 2.75. The largest absolute Gasteiger partial charge is 0.497 e. The van der Waals surface area contributed by atoms with E-state index in [1.807, 2.05) is 34.8 Å². The molecule has 0 saturated carbocycles. The summed E-state index contributed by atoms with van der Waals surface area (Å²) in [6.07, 6.45) is 2.24. The molecule has 1 N–H and O–H groups in total. The molecule has 0 bridgehead atoms. The standard InChI is InChI=1S/C18H21N5O2/c1-24-13-5-7-16(25-2)14(10-13)15-6-8-17-20-21-18(23(17)22-15)12-4-3-9-19-11-12/h5-8,10,12,19H,3-4,9,11H2,1-2H3. The quantitative estimate of drug-likeness (QED) is 0.786. The highest BCUT2D eigenvalue weighted by Crippen LogP contribution is 2.32. The smallest absolute Gasteiger partial charge is 0.177 e. The first-order valence-corrected chi connectivity index (χ1v) is 8.45. The number of methoxy groups -OCH3 is 2. The van der Waals surface area contributed by atoms with Crippen molar-refractivity contribution < 1.29 is 9.47 Å². The van der Waals surface area contributed by atoms with E-state index >= 15 is 0 Å². The van der Waals surface area contributed by atoms with Gasteiger partial charge in [0.25, 0.3) is 0 Å². The second kappa shape index (κ2) is 6.68. The van der Waals surface area contributed by atoms with Crippen molar-refractivity contribution in [3.8, 4) is 22.8 Å². The Kier molecular flexibility index (Phi) is 4.23. The summed E-state index contributed by atoms with van der Waals surface area (Å²) < 4.78 is 12.7. The summed E-state index contributed by atoms with van der Waals surface area (Å²) in [7, 11) is 3.30. The van der Waals surface area contributed by atoms with Crippen LogP contribution in [0.25, 0.3) is 16.9 Å². The molecule has 7 heteroatoms. The first-order chi connectivity index (χ1) is 12.3. The van der Waals surface area contributed by atoms with Crippen LogP contribution in [0, 0.1) is 0 Å². The van der Waals surface area contributed by atoms with Crippen LogP contribution in [0.2, 0.25) is 0 Å². The minimum absolute atomic E-state index is 0.332. The molecule has 1 fully saturated rings. The lowest BCUT2D eigenvalue weighted by molar-refractivity contribution is 0.404. The number of ether oxygens (including phenoxy) is 2. The van der Waals surface area contributed by atoms with Crippen molar-refractivity contribution in [1.82, 2.24) is 25.1 Å². The van der Waals surface area contributed by atoms with E-state index in [0.29, 0.717) is 5.92 Å². The summed E-state index contributed by atoms with van der Waals surface area (Å²) in [5, 5.41) is 16.9. The molecule has 4 rings (SSSR count). The van der Waals surface area contributed by atoms with Crippen molar-refractivity contribution in [2.24, 2.45) is 0 Å². The van der Waals surface area contributed by atoms with E-state index in [-0.39, 0.29) is 0 Å². The zero-order chi connectivity index (χ0) is 17.2. The van der Waals surface area contributed by atoms with Gasteiger partial charge in [-0.3, -0.25) is 0 Å². The van der Waals surface area contributed by atoms with Crippen molar-refractivity contribution in [2.75, 3.05) is 27.3 Å². The molecule has 0 amide bonds. The summed E-state index contributed by atoms with van der Waals surface area (Å²) >= 11 is 0. The molecule has 3 heterocycles. The highest BCUT2D eigenvalue weighted by Gasteiger charge is 2.22. The van der Waals surface area contributed by atoms with E-state index in [1.165, 1.54) is 0 Å². The van der Waals surface area contributed by atoms with E-state index in [4.69, 9.17) is 14.6 Å². The lowest BCUT2D eigenvalue weighted by Crippen LogP contribution is -2.29. The van der Waals surface area contributed by atoms with E-state index < -0.39 is 0 Å². The molecule has 3 aromatic rings. The lowest BCUT2D eigenvalue weighted by atomic mass is 9.99. The van der Waals surface area contributed by atoms with Crippen LogP contribution >= 0.6 is 0 Å². The first-order valence-electron chi connectivity index (χ1n) is 8.45. The third-order valence-corrected chi connectivity index (χ3v) is 4.63. The van der Waals surface area contributed by atoms with Gasteiger partial charge >= 0.3 is 0 Å². The minimum atomic E-state index is 0.332. The summed E-state index contributed by atoms with van der Waals surface area (Å²) in [4.78, 5) is 0. The molecule has 1 atom stereocenters. The molecule has 1 aliphatic heterocycles. The fourth-order valence-electron chi connectivity index (χ4n) is 3.29. The van der Waals surface area contributed by atoms with Crippen molar-refractivity contribution in [3.05, 3.63) is 36.2 Å². The molecular weight excluding hydrogens is 318 g/mol. The monoisotopic (exact) mass is 339 g/mol. The maximum atomic E-state index is 5.49. The molecular formula is C18H21N5O2. The van der Waals surface area contributed by atoms with Crippen LogP contribution in [0.5, 0.6) is 11.5 Å². The molecule has 1 aromatic carbocycles. The van der Waals surface area contributed by atoms with Gasteiger partial charge < -0.3 is 14.8 Å². The maximum absolute atomic E-state index is 5.49. The number of nitrogens with zero attached hydrogens (tertiary/aromatic N) is 4. The molecule has 0 aliphatic carbocycles. The van der Waals surface area contributed by atoms with Gasteiger partial charge in [-0.2, -0.15) is 9.61 Å². The normalized spacial score (nSPS) is 17.6. The highest BCUT2D eigenvalue weighted by atomic mass is 16.5. The molecule has 0 spiro atoms. The second-order valence-corrected chi connectivity index (χ2v) is 6.16. The van der Waals surface area contributed by atoms with Gasteiger partial charge in [0.05, 0.1) is 19.9 Å². The topological polar surface area (TPSA) is 73.6 Å². The van der Waals surface area contributed by atoms with Crippen molar-refractivity contribution in [2.45, 2.75) is 18.8 Å². The Bertz CT molecular complexity index is 886. The number of nitrogens with one attached hydrogen (secondary N) is 1. The van der Waals surface area contributed by atoms with E-state index in [1.54, 1.807) is 14.2 Å². The van der Waals surface area contributed by atoms with Crippen LogP contribution in [-0.4, -0.2) is 47.1 Å². The van der Waals surface area contributed by atoms with Gasteiger partial charge in [0.2, 0.25) is 0 Å². The number of piperidine rings is 1. The predicted octanol–water partition coefficient (Wildman–Crippen LogP) is 2.28. The van der Waals surface area contributed by atoms with Gasteiger partial charge in [0, 0.05) is 18.0 Å². The third kappa shape index (κ3) is 2.91. The number of fused-ring (bicyclic) bond motifs is 1. The average molecular weight is 339 g/mol. The SMILES string of the molecule is COc1ccc(OC)c(-c2ccc3nnc(C4CCCNC4)n3n2)c1. The molecule has 1 unspecified atom stereocenters.